The molecule has 0 saturated carbocycles. The van der Waals surface area contributed by atoms with Crippen molar-refractivity contribution in [2.75, 3.05) is 16.8 Å². The van der Waals surface area contributed by atoms with E-state index in [4.69, 9.17) is 0 Å². The van der Waals surface area contributed by atoms with Crippen LogP contribution in [-0.2, 0) is 4.79 Å². The summed E-state index contributed by atoms with van der Waals surface area (Å²) in [6.45, 7) is -0.0803. The predicted molar refractivity (Wildman–Crippen MR) is 68.2 cm³/mol. The van der Waals surface area contributed by atoms with Gasteiger partial charge in [-0.3, -0.25) is 14.5 Å². The minimum absolute atomic E-state index is 0.0803. The molecule has 7 nitrogen and oxygen atoms in total. The zero-order chi connectivity index (χ0) is 13.4. The molecular formula is C12H10N4O3. The maximum atomic E-state index is 12.3. The first kappa shape index (κ1) is 11.3. The summed E-state index contributed by atoms with van der Waals surface area (Å²) in [6, 6.07) is 6.99. The molecule has 1 aromatic heterocycles. The summed E-state index contributed by atoms with van der Waals surface area (Å²) in [6.07, 6.45) is 1.29. The second kappa shape index (κ2) is 4.13. The van der Waals surface area contributed by atoms with E-state index in [0.29, 0.717) is 11.4 Å². The number of hydrogen-bond donors (Lipinski definition) is 3. The monoisotopic (exact) mass is 258 g/mol. The molecule has 2 amide bonds. The number of hydrogen-bond acceptors (Lipinski definition) is 3. The van der Waals surface area contributed by atoms with Crippen LogP contribution in [0.3, 0.4) is 0 Å². The van der Waals surface area contributed by atoms with Gasteiger partial charge in [0.1, 0.15) is 12.2 Å². The van der Waals surface area contributed by atoms with Crippen molar-refractivity contribution < 1.29 is 9.59 Å². The maximum absolute atomic E-state index is 12.3. The van der Waals surface area contributed by atoms with E-state index in [0.717, 1.165) is 0 Å². The predicted octanol–water partition coefficient (Wildman–Crippen LogP) is 0.302. The lowest BCUT2D eigenvalue weighted by Crippen LogP contribution is -2.42. The molecule has 0 spiro atoms. The number of carbonyl (C=O) groups excluding carboxylic acids is 2. The molecule has 2 aromatic rings. The van der Waals surface area contributed by atoms with Crippen LogP contribution >= 0.6 is 0 Å². The molecule has 0 bridgehead atoms. The number of fused-ring (bicyclic) bond motifs is 1. The van der Waals surface area contributed by atoms with E-state index < -0.39 is 11.6 Å². The molecule has 0 atom stereocenters. The number of imidazole rings is 1. The summed E-state index contributed by atoms with van der Waals surface area (Å²) in [7, 11) is 0. The van der Waals surface area contributed by atoms with E-state index in [9.17, 15) is 14.4 Å². The molecule has 19 heavy (non-hydrogen) atoms. The highest BCUT2D eigenvalue weighted by atomic mass is 16.2. The summed E-state index contributed by atoms with van der Waals surface area (Å²) < 4.78 is 0. The molecule has 0 unspecified atom stereocenters. The van der Waals surface area contributed by atoms with E-state index in [-0.39, 0.29) is 18.1 Å². The van der Waals surface area contributed by atoms with Crippen LogP contribution in [0.1, 0.15) is 10.5 Å². The lowest BCUT2D eigenvalue weighted by Gasteiger charge is -2.28. The third-order valence-corrected chi connectivity index (χ3v) is 2.84. The third-order valence-electron chi connectivity index (χ3n) is 2.84. The van der Waals surface area contributed by atoms with Gasteiger partial charge in [0.25, 0.3) is 5.91 Å². The van der Waals surface area contributed by atoms with Crippen molar-refractivity contribution in [1.29, 1.82) is 0 Å². The summed E-state index contributed by atoms with van der Waals surface area (Å²) in [5, 5.41) is 2.69. The Labute approximate surface area is 107 Å². The Balaban J connectivity index is 2.03. The zero-order valence-corrected chi connectivity index (χ0v) is 9.77. The quantitative estimate of drug-likeness (QED) is 0.686. The number of para-hydroxylation sites is 2. The van der Waals surface area contributed by atoms with Crippen molar-refractivity contribution in [3.63, 3.8) is 0 Å². The average Bonchev–Trinajstić information content (AvgIpc) is 2.83. The van der Waals surface area contributed by atoms with Gasteiger partial charge in [0.15, 0.2) is 0 Å². The Kier molecular flexibility index (Phi) is 2.45. The lowest BCUT2D eigenvalue weighted by molar-refractivity contribution is -0.115. The second-order valence-electron chi connectivity index (χ2n) is 4.11. The molecule has 0 saturated heterocycles. The summed E-state index contributed by atoms with van der Waals surface area (Å²) >= 11 is 0. The highest BCUT2D eigenvalue weighted by Gasteiger charge is 2.28. The first-order valence-electron chi connectivity index (χ1n) is 5.63. The van der Waals surface area contributed by atoms with Gasteiger partial charge in [-0.05, 0) is 12.1 Å². The fourth-order valence-corrected chi connectivity index (χ4v) is 2.01. The van der Waals surface area contributed by atoms with Crippen molar-refractivity contribution >= 4 is 23.2 Å². The van der Waals surface area contributed by atoms with Crippen LogP contribution < -0.4 is 15.9 Å². The minimum atomic E-state index is -0.460. The number of nitrogens with zero attached hydrogens (tertiary/aromatic N) is 1. The van der Waals surface area contributed by atoms with Crippen LogP contribution in [0.15, 0.2) is 35.3 Å². The highest BCUT2D eigenvalue weighted by Crippen LogP contribution is 2.29. The van der Waals surface area contributed by atoms with E-state index in [2.05, 4.69) is 15.3 Å². The van der Waals surface area contributed by atoms with E-state index in [1.807, 2.05) is 0 Å². The van der Waals surface area contributed by atoms with Gasteiger partial charge < -0.3 is 15.3 Å². The molecule has 7 heteroatoms. The number of aromatic nitrogens is 2. The molecule has 3 rings (SSSR count). The number of amides is 2. The first-order valence-corrected chi connectivity index (χ1v) is 5.63. The number of anilines is 2. The number of H-pyrrole nitrogens is 2. The topological polar surface area (TPSA) is 98.1 Å². The molecule has 3 N–H and O–H groups in total. The number of aromatic amines is 2. The fraction of sp³-hybridized carbons (Fsp3) is 0.0833. The Hall–Kier alpha value is -2.83. The number of carbonyl (C=O) groups is 2. The Morgan fingerprint density at radius 2 is 2.00 bits per heavy atom. The van der Waals surface area contributed by atoms with Gasteiger partial charge in [0, 0.05) is 6.20 Å². The second-order valence-corrected chi connectivity index (χ2v) is 4.11. The van der Waals surface area contributed by atoms with Crippen molar-refractivity contribution in [3.05, 3.63) is 46.6 Å². The van der Waals surface area contributed by atoms with Crippen molar-refractivity contribution in [1.82, 2.24) is 9.97 Å². The minimum Gasteiger partial charge on any atom is -0.323 e. The van der Waals surface area contributed by atoms with Gasteiger partial charge in [-0.25, -0.2) is 4.79 Å². The van der Waals surface area contributed by atoms with Gasteiger partial charge in [0.2, 0.25) is 5.91 Å². The van der Waals surface area contributed by atoms with Crippen molar-refractivity contribution in [3.8, 4) is 0 Å². The molecule has 2 heterocycles. The summed E-state index contributed by atoms with van der Waals surface area (Å²) in [4.78, 5) is 41.0. The van der Waals surface area contributed by atoms with E-state index in [1.165, 1.54) is 11.1 Å². The zero-order valence-electron chi connectivity index (χ0n) is 9.77. The van der Waals surface area contributed by atoms with Crippen molar-refractivity contribution in [2.45, 2.75) is 0 Å². The number of rotatable bonds is 1. The SMILES string of the molecule is O=C1CN(C(=O)c2c[nH]c(=O)[nH]2)c2ccccc2N1. The van der Waals surface area contributed by atoms with Gasteiger partial charge in [-0.1, -0.05) is 12.1 Å². The maximum Gasteiger partial charge on any atom is 0.323 e. The largest absolute Gasteiger partial charge is 0.323 e. The number of nitrogens with one attached hydrogen (secondary N) is 3. The van der Waals surface area contributed by atoms with Gasteiger partial charge in [0.05, 0.1) is 11.4 Å². The Bertz CT molecular complexity index is 716. The molecule has 96 valence electrons. The normalized spacial score (nSPS) is 13.9. The highest BCUT2D eigenvalue weighted by molar-refractivity contribution is 6.14. The van der Waals surface area contributed by atoms with Crippen LogP contribution in [0.5, 0.6) is 0 Å². The average molecular weight is 258 g/mol. The van der Waals surface area contributed by atoms with Crippen molar-refractivity contribution in [2.24, 2.45) is 0 Å². The molecular weight excluding hydrogens is 248 g/mol. The van der Waals surface area contributed by atoms with E-state index in [1.54, 1.807) is 24.3 Å². The molecule has 1 aliphatic rings. The summed E-state index contributed by atoms with van der Waals surface area (Å²) in [5.74, 6) is -0.703. The molecule has 1 aromatic carbocycles. The molecule has 1 aliphatic heterocycles. The van der Waals surface area contributed by atoms with Gasteiger partial charge in [-0.15, -0.1) is 0 Å². The Morgan fingerprint density at radius 3 is 2.74 bits per heavy atom. The van der Waals surface area contributed by atoms with Crippen LogP contribution in [-0.4, -0.2) is 28.3 Å². The molecule has 0 aliphatic carbocycles. The van der Waals surface area contributed by atoms with Crippen LogP contribution in [0.4, 0.5) is 11.4 Å². The lowest BCUT2D eigenvalue weighted by atomic mass is 10.2. The molecule has 0 fully saturated rings. The molecule has 0 radical (unpaired) electrons. The van der Waals surface area contributed by atoms with Crippen LogP contribution in [0.25, 0.3) is 0 Å². The Morgan fingerprint density at radius 1 is 1.21 bits per heavy atom. The standard InChI is InChI=1S/C12H10N4O3/c17-10-6-16(9-4-2-1-3-7(9)14-10)11(18)8-5-13-12(19)15-8/h1-5H,6H2,(H,14,17)(H2,13,15,19). The smallest absolute Gasteiger partial charge is 0.323 e. The van der Waals surface area contributed by atoms with Crippen LogP contribution in [0.2, 0.25) is 0 Å². The van der Waals surface area contributed by atoms with E-state index >= 15 is 0 Å². The first-order chi connectivity index (χ1) is 9.15. The summed E-state index contributed by atoms with van der Waals surface area (Å²) in [5.41, 5.74) is 0.840. The third kappa shape index (κ3) is 1.90. The van der Waals surface area contributed by atoms with Crippen LogP contribution in [0, 0.1) is 0 Å². The van der Waals surface area contributed by atoms with Gasteiger partial charge in [-0.2, -0.15) is 0 Å². The number of benzene rings is 1. The fourth-order valence-electron chi connectivity index (χ4n) is 2.01. The van der Waals surface area contributed by atoms with Gasteiger partial charge >= 0.3 is 5.69 Å².